The number of rotatable bonds is 2. The summed E-state index contributed by atoms with van der Waals surface area (Å²) in [5, 5.41) is 11.6. The smallest absolute Gasteiger partial charge is 0.272 e. The van der Waals surface area contributed by atoms with Crippen molar-refractivity contribution >= 4 is 32.9 Å². The van der Waals surface area contributed by atoms with Crippen LogP contribution in [0.25, 0.3) is 11.0 Å². The minimum Gasteiger partial charge on any atom is -0.332 e. The van der Waals surface area contributed by atoms with Crippen molar-refractivity contribution in [1.29, 1.82) is 5.26 Å². The Morgan fingerprint density at radius 3 is 2.89 bits per heavy atom. The number of carbonyl (C=O) groups is 1. The summed E-state index contributed by atoms with van der Waals surface area (Å²) in [6, 6.07) is 2.10. The first-order chi connectivity index (χ1) is 9.13. The molecule has 7 heteroatoms. The predicted molar refractivity (Wildman–Crippen MR) is 70.1 cm³/mol. The number of fused-ring (bicyclic) bond motifs is 1. The maximum absolute atomic E-state index is 12.0. The summed E-state index contributed by atoms with van der Waals surface area (Å²) >= 11 is 3.32. The van der Waals surface area contributed by atoms with Crippen molar-refractivity contribution in [2.24, 2.45) is 0 Å². The quantitative estimate of drug-likeness (QED) is 0.907. The number of aromatic nitrogens is 3. The topological polar surface area (TPSA) is 91.6 Å². The Hall–Kier alpha value is -2.07. The van der Waals surface area contributed by atoms with Gasteiger partial charge < -0.3 is 5.32 Å². The van der Waals surface area contributed by atoms with Gasteiger partial charge in [0, 0.05) is 6.20 Å². The zero-order valence-corrected chi connectivity index (χ0v) is 11.3. The van der Waals surface area contributed by atoms with E-state index in [9.17, 15) is 4.79 Å². The van der Waals surface area contributed by atoms with Gasteiger partial charge in [0.15, 0.2) is 0 Å². The highest BCUT2D eigenvalue weighted by Crippen LogP contribution is 2.34. The van der Waals surface area contributed by atoms with E-state index >= 15 is 0 Å². The zero-order chi connectivity index (χ0) is 13.5. The molecule has 94 valence electrons. The molecular formula is C12H8BrN5O. The molecule has 0 bridgehead atoms. The lowest BCUT2D eigenvalue weighted by Gasteiger charge is -2.08. The van der Waals surface area contributed by atoms with Gasteiger partial charge in [-0.15, -0.1) is 0 Å². The van der Waals surface area contributed by atoms with Crippen LogP contribution in [0.15, 0.2) is 23.1 Å². The molecule has 2 aromatic rings. The maximum Gasteiger partial charge on any atom is 0.272 e. The first-order valence-electron chi connectivity index (χ1n) is 5.64. The maximum atomic E-state index is 12.0. The van der Waals surface area contributed by atoms with Gasteiger partial charge in [-0.25, -0.2) is 4.98 Å². The number of amides is 1. The number of carbonyl (C=O) groups excluding carboxylic acids is 1. The van der Waals surface area contributed by atoms with Gasteiger partial charge in [0.25, 0.3) is 5.91 Å². The highest BCUT2D eigenvalue weighted by molar-refractivity contribution is 9.10. The fourth-order valence-electron chi connectivity index (χ4n) is 1.68. The second-order valence-corrected chi connectivity index (χ2v) is 5.25. The molecular weight excluding hydrogens is 310 g/mol. The zero-order valence-electron chi connectivity index (χ0n) is 9.72. The van der Waals surface area contributed by atoms with Crippen molar-refractivity contribution < 1.29 is 4.79 Å². The van der Waals surface area contributed by atoms with E-state index in [4.69, 9.17) is 5.26 Å². The molecule has 0 radical (unpaired) electrons. The van der Waals surface area contributed by atoms with Gasteiger partial charge in [0.2, 0.25) is 0 Å². The Morgan fingerprint density at radius 2 is 2.21 bits per heavy atom. The Morgan fingerprint density at radius 1 is 1.42 bits per heavy atom. The largest absolute Gasteiger partial charge is 0.332 e. The second-order valence-electron chi connectivity index (χ2n) is 4.39. The predicted octanol–water partition coefficient (Wildman–Crippen LogP) is 1.57. The SMILES string of the molecule is N#CC1(NC(=O)c2cnc3cncc(Br)c3n2)CC1. The van der Waals surface area contributed by atoms with E-state index < -0.39 is 5.54 Å². The lowest BCUT2D eigenvalue weighted by Crippen LogP contribution is -2.36. The molecule has 0 unspecified atom stereocenters. The van der Waals surface area contributed by atoms with Crippen LogP contribution in [0.1, 0.15) is 23.3 Å². The number of nitrogens with zero attached hydrogens (tertiary/aromatic N) is 4. The molecule has 1 amide bonds. The van der Waals surface area contributed by atoms with E-state index in [1.54, 1.807) is 12.4 Å². The fraction of sp³-hybridized carbons (Fsp3) is 0.250. The minimum absolute atomic E-state index is 0.195. The third-order valence-corrected chi connectivity index (χ3v) is 3.54. The minimum atomic E-state index is -0.705. The first kappa shape index (κ1) is 12.0. The molecule has 1 saturated carbocycles. The highest BCUT2D eigenvalue weighted by Gasteiger charge is 2.45. The van der Waals surface area contributed by atoms with E-state index in [1.807, 2.05) is 0 Å². The molecule has 2 heterocycles. The van der Waals surface area contributed by atoms with Crippen LogP contribution in [0.3, 0.4) is 0 Å². The summed E-state index contributed by atoms with van der Waals surface area (Å²) in [5.74, 6) is -0.378. The van der Waals surface area contributed by atoms with Gasteiger partial charge in [-0.1, -0.05) is 0 Å². The van der Waals surface area contributed by atoms with Crippen molar-refractivity contribution in [3.05, 3.63) is 28.8 Å². The molecule has 6 nitrogen and oxygen atoms in total. The van der Waals surface area contributed by atoms with Gasteiger partial charge in [-0.3, -0.25) is 14.8 Å². The van der Waals surface area contributed by atoms with Crippen molar-refractivity contribution in [3.63, 3.8) is 0 Å². The monoisotopic (exact) mass is 317 g/mol. The van der Waals surface area contributed by atoms with E-state index in [1.165, 1.54) is 6.20 Å². The van der Waals surface area contributed by atoms with Crippen LogP contribution in [-0.4, -0.2) is 26.4 Å². The molecule has 0 saturated heterocycles. The summed E-state index contributed by atoms with van der Waals surface area (Å²) < 4.78 is 0.675. The average molecular weight is 318 g/mol. The van der Waals surface area contributed by atoms with Crippen LogP contribution >= 0.6 is 15.9 Å². The average Bonchev–Trinajstić information content (AvgIpc) is 3.19. The summed E-state index contributed by atoms with van der Waals surface area (Å²) in [6.07, 6.45) is 5.93. The number of hydrogen-bond acceptors (Lipinski definition) is 5. The van der Waals surface area contributed by atoms with Gasteiger partial charge in [-0.05, 0) is 28.8 Å². The molecule has 1 aliphatic rings. The summed E-state index contributed by atoms with van der Waals surface area (Å²) in [5.41, 5.74) is 0.668. The van der Waals surface area contributed by atoms with Crippen molar-refractivity contribution in [3.8, 4) is 6.07 Å². The van der Waals surface area contributed by atoms with Crippen LogP contribution in [0, 0.1) is 11.3 Å². The summed E-state index contributed by atoms with van der Waals surface area (Å²) in [4.78, 5) is 24.4. The van der Waals surface area contributed by atoms with Crippen molar-refractivity contribution in [1.82, 2.24) is 20.3 Å². The molecule has 3 rings (SSSR count). The Bertz CT molecular complexity index is 720. The van der Waals surface area contributed by atoms with E-state index in [2.05, 4.69) is 42.3 Å². The molecule has 0 aromatic carbocycles. The van der Waals surface area contributed by atoms with Crippen LogP contribution < -0.4 is 5.32 Å². The summed E-state index contributed by atoms with van der Waals surface area (Å²) in [7, 11) is 0. The van der Waals surface area contributed by atoms with Gasteiger partial charge in [0.1, 0.15) is 22.3 Å². The number of halogens is 1. The summed E-state index contributed by atoms with van der Waals surface area (Å²) in [6.45, 7) is 0. The molecule has 19 heavy (non-hydrogen) atoms. The van der Waals surface area contributed by atoms with Crippen molar-refractivity contribution in [2.75, 3.05) is 0 Å². The molecule has 0 aliphatic heterocycles. The third-order valence-electron chi connectivity index (χ3n) is 2.96. The van der Waals surface area contributed by atoms with Crippen LogP contribution in [-0.2, 0) is 0 Å². The number of hydrogen-bond donors (Lipinski definition) is 1. The van der Waals surface area contributed by atoms with Crippen LogP contribution in [0.4, 0.5) is 0 Å². The van der Waals surface area contributed by atoms with Crippen LogP contribution in [0.2, 0.25) is 0 Å². The van der Waals surface area contributed by atoms with E-state index in [0.717, 1.165) is 0 Å². The lowest BCUT2D eigenvalue weighted by molar-refractivity contribution is 0.0936. The van der Waals surface area contributed by atoms with Gasteiger partial charge >= 0.3 is 0 Å². The molecule has 1 aliphatic carbocycles. The number of nitrogens with one attached hydrogen (secondary N) is 1. The highest BCUT2D eigenvalue weighted by atomic mass is 79.9. The normalized spacial score (nSPS) is 15.8. The second kappa shape index (κ2) is 4.24. The fourth-order valence-corrected chi connectivity index (χ4v) is 2.09. The Labute approximate surface area is 117 Å². The number of pyridine rings is 1. The Balaban J connectivity index is 1.95. The van der Waals surface area contributed by atoms with Crippen LogP contribution in [0.5, 0.6) is 0 Å². The lowest BCUT2D eigenvalue weighted by atomic mass is 10.3. The Kier molecular flexibility index (Phi) is 2.68. The van der Waals surface area contributed by atoms with E-state index in [-0.39, 0.29) is 11.6 Å². The standard InChI is InChI=1S/C12H8BrN5O/c13-7-3-15-4-8-10(7)17-9(5-16-8)11(19)18-12(6-14)1-2-12/h3-5H,1-2H2,(H,18,19). The molecule has 0 spiro atoms. The molecule has 1 N–H and O–H groups in total. The van der Waals surface area contributed by atoms with Gasteiger partial charge in [-0.2, -0.15) is 5.26 Å². The molecule has 1 fully saturated rings. The first-order valence-corrected chi connectivity index (χ1v) is 6.43. The van der Waals surface area contributed by atoms with Crippen molar-refractivity contribution in [2.45, 2.75) is 18.4 Å². The van der Waals surface area contributed by atoms with Gasteiger partial charge in [0.05, 0.1) is 22.9 Å². The van der Waals surface area contributed by atoms with E-state index in [0.29, 0.717) is 28.3 Å². The number of nitriles is 1. The molecule has 2 aromatic heterocycles. The molecule has 0 atom stereocenters. The third kappa shape index (κ3) is 2.15.